The lowest BCUT2D eigenvalue weighted by Crippen LogP contribution is -2.48. The molecule has 0 fully saturated rings. The Labute approximate surface area is 107 Å². The van der Waals surface area contributed by atoms with Crippen molar-refractivity contribution in [3.63, 3.8) is 0 Å². The number of amidine groups is 1. The third-order valence-electron chi connectivity index (χ3n) is 2.78. The molecular weight excluding hydrogens is 230 g/mol. The van der Waals surface area contributed by atoms with E-state index in [1.165, 1.54) is 0 Å². The van der Waals surface area contributed by atoms with Crippen molar-refractivity contribution in [2.24, 2.45) is 16.8 Å². The highest BCUT2D eigenvalue weighted by Crippen LogP contribution is 2.09. The minimum atomic E-state index is -0.484. The number of carbonyl (C=O) groups is 1. The number of aryl methyl sites for hydroxylation is 1. The van der Waals surface area contributed by atoms with Gasteiger partial charge in [0.15, 0.2) is 5.84 Å². The predicted molar refractivity (Wildman–Crippen MR) is 70.7 cm³/mol. The molecule has 1 aromatic carbocycles. The summed E-state index contributed by atoms with van der Waals surface area (Å²) in [6, 6.07) is 6.80. The first kappa shape index (κ1) is 14.0. The van der Waals surface area contributed by atoms with Crippen molar-refractivity contribution in [3.05, 3.63) is 35.4 Å². The van der Waals surface area contributed by atoms with Gasteiger partial charge >= 0.3 is 0 Å². The number of hydrogen-bond donors (Lipinski definition) is 3. The number of rotatable bonds is 4. The Morgan fingerprint density at radius 1 is 1.39 bits per heavy atom. The van der Waals surface area contributed by atoms with E-state index in [2.05, 4.69) is 10.5 Å². The van der Waals surface area contributed by atoms with Crippen LogP contribution < -0.4 is 11.1 Å². The molecule has 5 heteroatoms. The number of carbonyl (C=O) groups excluding carboxylic acids is 1. The van der Waals surface area contributed by atoms with Gasteiger partial charge < -0.3 is 16.3 Å². The van der Waals surface area contributed by atoms with Crippen LogP contribution in [0.15, 0.2) is 29.4 Å². The van der Waals surface area contributed by atoms with Gasteiger partial charge in [-0.15, -0.1) is 0 Å². The first-order valence-electron chi connectivity index (χ1n) is 5.81. The van der Waals surface area contributed by atoms with E-state index < -0.39 is 6.04 Å². The van der Waals surface area contributed by atoms with Crippen LogP contribution >= 0.6 is 0 Å². The summed E-state index contributed by atoms with van der Waals surface area (Å²) >= 11 is 0. The average molecular weight is 249 g/mol. The quantitative estimate of drug-likeness (QED) is 0.327. The summed E-state index contributed by atoms with van der Waals surface area (Å²) in [6.07, 6.45) is 0. The Kier molecular flexibility index (Phi) is 4.71. The molecule has 98 valence electrons. The number of nitrogens with two attached hydrogens (primary N) is 1. The molecule has 0 aromatic heterocycles. The van der Waals surface area contributed by atoms with Crippen molar-refractivity contribution in [1.29, 1.82) is 0 Å². The summed E-state index contributed by atoms with van der Waals surface area (Å²) in [4.78, 5) is 12.1. The molecule has 18 heavy (non-hydrogen) atoms. The summed E-state index contributed by atoms with van der Waals surface area (Å²) < 4.78 is 0. The topological polar surface area (TPSA) is 87.7 Å². The first-order chi connectivity index (χ1) is 8.47. The minimum Gasteiger partial charge on any atom is -0.409 e. The SMILES string of the molecule is Cc1ccccc1C(=O)NC(C(N)=NO)C(C)C. The second kappa shape index (κ2) is 6.05. The predicted octanol–water partition coefficient (Wildman–Crippen LogP) is 1.50. The molecular formula is C13H19N3O2. The molecule has 0 aliphatic heterocycles. The third kappa shape index (κ3) is 3.23. The molecule has 0 bridgehead atoms. The largest absolute Gasteiger partial charge is 0.409 e. The van der Waals surface area contributed by atoms with Crippen LogP contribution in [0.3, 0.4) is 0 Å². The van der Waals surface area contributed by atoms with Crippen LogP contribution in [0.5, 0.6) is 0 Å². The van der Waals surface area contributed by atoms with Crippen LogP contribution in [-0.2, 0) is 0 Å². The smallest absolute Gasteiger partial charge is 0.252 e. The van der Waals surface area contributed by atoms with Gasteiger partial charge in [-0.25, -0.2) is 0 Å². The Bertz CT molecular complexity index is 455. The fourth-order valence-electron chi connectivity index (χ4n) is 1.69. The fraction of sp³-hybridized carbons (Fsp3) is 0.385. The molecule has 1 unspecified atom stereocenters. The molecule has 1 rings (SSSR count). The van der Waals surface area contributed by atoms with Gasteiger partial charge in [-0.2, -0.15) is 0 Å². The zero-order chi connectivity index (χ0) is 13.7. The van der Waals surface area contributed by atoms with Crippen LogP contribution in [0.4, 0.5) is 0 Å². The normalized spacial score (nSPS) is 13.4. The Hall–Kier alpha value is -2.04. The molecule has 0 aliphatic carbocycles. The summed E-state index contributed by atoms with van der Waals surface area (Å²) in [5.41, 5.74) is 7.05. The fourth-order valence-corrected chi connectivity index (χ4v) is 1.69. The second-order valence-electron chi connectivity index (χ2n) is 4.53. The second-order valence-corrected chi connectivity index (χ2v) is 4.53. The monoisotopic (exact) mass is 249 g/mol. The van der Waals surface area contributed by atoms with Crippen LogP contribution in [0.25, 0.3) is 0 Å². The average Bonchev–Trinajstić information content (AvgIpc) is 2.35. The van der Waals surface area contributed by atoms with E-state index >= 15 is 0 Å². The maximum Gasteiger partial charge on any atom is 0.252 e. The Morgan fingerprint density at radius 3 is 2.50 bits per heavy atom. The molecule has 1 amide bonds. The van der Waals surface area contributed by atoms with Gasteiger partial charge in [0.2, 0.25) is 0 Å². The van der Waals surface area contributed by atoms with E-state index in [0.29, 0.717) is 5.56 Å². The van der Waals surface area contributed by atoms with Crippen molar-refractivity contribution in [1.82, 2.24) is 5.32 Å². The molecule has 0 saturated carbocycles. The highest BCUT2D eigenvalue weighted by Gasteiger charge is 2.21. The number of oxime groups is 1. The van der Waals surface area contributed by atoms with Gasteiger partial charge in [-0.1, -0.05) is 37.2 Å². The van der Waals surface area contributed by atoms with Gasteiger partial charge in [0.1, 0.15) is 0 Å². The summed E-state index contributed by atoms with van der Waals surface area (Å²) in [5.74, 6) is -0.181. The maximum absolute atomic E-state index is 12.1. The zero-order valence-electron chi connectivity index (χ0n) is 10.8. The van der Waals surface area contributed by atoms with Gasteiger partial charge in [-0.05, 0) is 24.5 Å². The van der Waals surface area contributed by atoms with E-state index in [4.69, 9.17) is 10.9 Å². The minimum absolute atomic E-state index is 0.00642. The Balaban J connectivity index is 2.89. The van der Waals surface area contributed by atoms with Crippen LogP contribution in [0.1, 0.15) is 29.8 Å². The molecule has 0 aliphatic rings. The molecule has 1 aromatic rings. The summed E-state index contributed by atoms with van der Waals surface area (Å²) in [5, 5.41) is 14.4. The van der Waals surface area contributed by atoms with Crippen molar-refractivity contribution >= 4 is 11.7 Å². The summed E-state index contributed by atoms with van der Waals surface area (Å²) in [7, 11) is 0. The van der Waals surface area contributed by atoms with E-state index in [-0.39, 0.29) is 17.7 Å². The van der Waals surface area contributed by atoms with Crippen molar-refractivity contribution in [3.8, 4) is 0 Å². The van der Waals surface area contributed by atoms with Gasteiger partial charge in [0, 0.05) is 5.56 Å². The van der Waals surface area contributed by atoms with E-state index in [0.717, 1.165) is 5.56 Å². The zero-order valence-corrected chi connectivity index (χ0v) is 10.8. The number of nitrogens with zero attached hydrogens (tertiary/aromatic N) is 1. The van der Waals surface area contributed by atoms with Crippen LogP contribution in [0, 0.1) is 12.8 Å². The highest BCUT2D eigenvalue weighted by atomic mass is 16.4. The molecule has 0 saturated heterocycles. The molecule has 4 N–H and O–H groups in total. The molecule has 0 radical (unpaired) electrons. The van der Waals surface area contributed by atoms with Gasteiger partial charge in [0.25, 0.3) is 5.91 Å². The van der Waals surface area contributed by atoms with E-state index in [9.17, 15) is 4.79 Å². The van der Waals surface area contributed by atoms with E-state index in [1.807, 2.05) is 32.9 Å². The number of hydrogen-bond acceptors (Lipinski definition) is 3. The molecule has 0 heterocycles. The number of nitrogens with one attached hydrogen (secondary N) is 1. The third-order valence-corrected chi connectivity index (χ3v) is 2.78. The molecule has 1 atom stereocenters. The van der Waals surface area contributed by atoms with Crippen molar-refractivity contribution in [2.45, 2.75) is 26.8 Å². The van der Waals surface area contributed by atoms with Crippen molar-refractivity contribution in [2.75, 3.05) is 0 Å². The van der Waals surface area contributed by atoms with Crippen LogP contribution in [-0.4, -0.2) is 23.0 Å². The molecule has 5 nitrogen and oxygen atoms in total. The molecule has 0 spiro atoms. The highest BCUT2D eigenvalue weighted by molar-refractivity contribution is 5.99. The van der Waals surface area contributed by atoms with Gasteiger partial charge in [-0.3, -0.25) is 4.79 Å². The lowest BCUT2D eigenvalue weighted by Gasteiger charge is -2.21. The Morgan fingerprint density at radius 2 is 2.00 bits per heavy atom. The first-order valence-corrected chi connectivity index (χ1v) is 5.81. The van der Waals surface area contributed by atoms with Crippen molar-refractivity contribution < 1.29 is 10.0 Å². The maximum atomic E-state index is 12.1. The van der Waals surface area contributed by atoms with E-state index in [1.54, 1.807) is 12.1 Å². The van der Waals surface area contributed by atoms with Gasteiger partial charge in [0.05, 0.1) is 6.04 Å². The number of amides is 1. The van der Waals surface area contributed by atoms with Crippen LogP contribution in [0.2, 0.25) is 0 Å². The lowest BCUT2D eigenvalue weighted by atomic mass is 10.0. The number of benzene rings is 1. The summed E-state index contributed by atoms with van der Waals surface area (Å²) in [6.45, 7) is 5.64. The standard InChI is InChI=1S/C13H19N3O2/c1-8(2)11(12(14)16-18)15-13(17)10-7-5-4-6-9(10)3/h4-8,11,18H,1-3H3,(H2,14,16)(H,15,17). The lowest BCUT2D eigenvalue weighted by molar-refractivity contribution is 0.0938.